The van der Waals surface area contributed by atoms with Crippen molar-refractivity contribution in [3.8, 4) is 0 Å². The van der Waals surface area contributed by atoms with Gasteiger partial charge in [-0.2, -0.15) is 0 Å². The number of rotatable bonds is 4. The molecule has 4 nitrogen and oxygen atoms in total. The Morgan fingerprint density at radius 3 is 2.25 bits per heavy atom. The second kappa shape index (κ2) is 10.2. The van der Waals surface area contributed by atoms with Crippen molar-refractivity contribution in [1.82, 2.24) is 10.6 Å². The minimum absolute atomic E-state index is 0.166. The average Bonchev–Trinajstić information content (AvgIpc) is 2.57. The van der Waals surface area contributed by atoms with Crippen LogP contribution in [0.4, 0.5) is 5.69 Å². The van der Waals surface area contributed by atoms with E-state index in [9.17, 15) is 4.79 Å². The molecule has 1 atom stereocenters. The lowest BCUT2D eigenvalue weighted by Gasteiger charge is -2.28. The molecule has 1 unspecified atom stereocenters. The Hall–Kier alpha value is -0.280. The normalized spacial score (nSPS) is 12.2. The zero-order valence-electron chi connectivity index (χ0n) is 14.1. The van der Waals surface area contributed by atoms with Crippen molar-refractivity contribution in [1.29, 1.82) is 0 Å². The van der Waals surface area contributed by atoms with Gasteiger partial charge in [-0.1, -0.05) is 62.3 Å². The topological polar surface area (TPSA) is 53.2 Å². The van der Waals surface area contributed by atoms with Crippen molar-refractivity contribution in [2.24, 2.45) is 0 Å². The number of carbonyl (C=O) groups is 1. The molecule has 0 saturated heterocycles. The highest BCUT2D eigenvalue weighted by Crippen LogP contribution is 2.31. The van der Waals surface area contributed by atoms with Crippen molar-refractivity contribution >= 4 is 107 Å². The molecular weight excluding hydrogens is 596 g/mol. The van der Waals surface area contributed by atoms with Crippen LogP contribution in [0.15, 0.2) is 45.3 Å². The first kappa shape index (κ1) is 24.0. The SMILES string of the molecule is Cc1cc(Br)cc(Br)c1NC(=S)NC(NC(=O)c1ccc(Cl)cc1)C(Cl)(Cl)Cl. The maximum Gasteiger partial charge on any atom is 0.252 e. The molecule has 0 heterocycles. The third-order valence-electron chi connectivity index (χ3n) is 3.48. The third-order valence-corrected chi connectivity index (χ3v) is 5.69. The molecular formula is C17H13Br2Cl4N3OS. The lowest BCUT2D eigenvalue weighted by Crippen LogP contribution is -2.56. The Bertz CT molecular complexity index is 868. The van der Waals surface area contributed by atoms with Gasteiger partial charge in [0.25, 0.3) is 5.91 Å². The standard InChI is InChI=1S/C17H13Br2Cl4N3OS/c1-8-6-10(18)7-12(19)13(8)24-16(28)26-15(17(21,22)23)25-14(27)9-2-4-11(20)5-3-9/h2-7,15H,1H3,(H,25,27)(H2,24,26,28). The third kappa shape index (κ3) is 6.90. The molecule has 0 aliphatic carbocycles. The summed E-state index contributed by atoms with van der Waals surface area (Å²) in [6.07, 6.45) is -1.09. The molecule has 0 aliphatic rings. The Kier molecular flexibility index (Phi) is 8.70. The maximum absolute atomic E-state index is 12.5. The highest BCUT2D eigenvalue weighted by Gasteiger charge is 2.35. The number of amides is 1. The molecule has 0 saturated carbocycles. The van der Waals surface area contributed by atoms with Gasteiger partial charge in [-0.25, -0.2) is 0 Å². The number of hydrogen-bond donors (Lipinski definition) is 3. The van der Waals surface area contributed by atoms with Crippen molar-refractivity contribution in [3.05, 3.63) is 61.5 Å². The number of carbonyl (C=O) groups excluding carboxylic acids is 1. The molecule has 0 aliphatic heterocycles. The number of benzene rings is 2. The summed E-state index contributed by atoms with van der Waals surface area (Å²) in [4.78, 5) is 12.5. The quantitative estimate of drug-likeness (QED) is 0.208. The number of thiocarbonyl (C=S) groups is 1. The molecule has 0 aromatic heterocycles. The van der Waals surface area contributed by atoms with Crippen LogP contribution in [0.25, 0.3) is 0 Å². The maximum atomic E-state index is 12.5. The Labute approximate surface area is 204 Å². The van der Waals surface area contributed by atoms with E-state index in [1.54, 1.807) is 24.3 Å². The molecule has 2 aromatic carbocycles. The highest BCUT2D eigenvalue weighted by molar-refractivity contribution is 9.11. The van der Waals surface area contributed by atoms with E-state index in [0.29, 0.717) is 10.6 Å². The minimum atomic E-state index is -1.86. The smallest absolute Gasteiger partial charge is 0.252 e. The van der Waals surface area contributed by atoms with Crippen molar-refractivity contribution in [3.63, 3.8) is 0 Å². The zero-order chi connectivity index (χ0) is 21.1. The summed E-state index contributed by atoms with van der Waals surface area (Å²) in [7, 11) is 0. The van der Waals surface area contributed by atoms with Crippen LogP contribution >= 0.6 is 90.5 Å². The first-order valence-corrected chi connectivity index (χ1v) is 11.1. The Morgan fingerprint density at radius 2 is 1.71 bits per heavy atom. The molecule has 11 heteroatoms. The molecule has 0 radical (unpaired) electrons. The van der Waals surface area contributed by atoms with Crippen LogP contribution in [0, 0.1) is 6.92 Å². The average molecular weight is 609 g/mol. The first-order chi connectivity index (χ1) is 13.0. The van der Waals surface area contributed by atoms with Crippen molar-refractivity contribution in [2.45, 2.75) is 16.9 Å². The lowest BCUT2D eigenvalue weighted by atomic mass is 10.2. The first-order valence-electron chi connectivity index (χ1n) is 7.63. The molecule has 1 amide bonds. The summed E-state index contributed by atoms with van der Waals surface area (Å²) in [6.45, 7) is 1.91. The zero-order valence-corrected chi connectivity index (χ0v) is 21.1. The molecule has 150 valence electrons. The van der Waals surface area contributed by atoms with Gasteiger partial charge >= 0.3 is 0 Å². The van der Waals surface area contributed by atoms with Gasteiger partial charge < -0.3 is 16.0 Å². The molecule has 2 rings (SSSR count). The van der Waals surface area contributed by atoms with Crippen LogP contribution in [0.1, 0.15) is 15.9 Å². The molecule has 0 fully saturated rings. The fourth-order valence-electron chi connectivity index (χ4n) is 2.16. The van der Waals surface area contributed by atoms with Gasteiger partial charge in [0.1, 0.15) is 6.17 Å². The lowest BCUT2D eigenvalue weighted by molar-refractivity contribution is 0.0934. The van der Waals surface area contributed by atoms with Crippen LogP contribution < -0.4 is 16.0 Å². The van der Waals surface area contributed by atoms with Gasteiger partial charge in [-0.05, 0) is 77.0 Å². The second-order valence-corrected chi connectivity index (χ2v) is 10.6. The van der Waals surface area contributed by atoms with Crippen LogP contribution in [-0.2, 0) is 0 Å². The summed E-state index contributed by atoms with van der Waals surface area (Å²) in [6, 6.07) is 10.1. The number of hydrogen-bond acceptors (Lipinski definition) is 2. The predicted molar refractivity (Wildman–Crippen MR) is 129 cm³/mol. The largest absolute Gasteiger partial charge is 0.339 e. The fourth-order valence-corrected chi connectivity index (χ4v) is 4.37. The number of anilines is 1. The van der Waals surface area contributed by atoms with E-state index < -0.39 is 15.9 Å². The molecule has 2 aromatic rings. The number of halogens is 6. The summed E-state index contributed by atoms with van der Waals surface area (Å²) < 4.78 is -0.158. The van der Waals surface area contributed by atoms with Crippen LogP contribution in [0.2, 0.25) is 5.02 Å². The summed E-state index contributed by atoms with van der Waals surface area (Å²) in [5.41, 5.74) is 2.03. The van der Waals surface area contributed by atoms with Gasteiger partial charge in [0.05, 0.1) is 5.69 Å². The van der Waals surface area contributed by atoms with Gasteiger partial charge in [0.15, 0.2) is 5.11 Å². The van der Waals surface area contributed by atoms with Crippen molar-refractivity contribution < 1.29 is 4.79 Å². The van der Waals surface area contributed by atoms with E-state index >= 15 is 0 Å². The summed E-state index contributed by atoms with van der Waals surface area (Å²) in [5.74, 6) is -0.454. The molecule has 0 spiro atoms. The van der Waals surface area contributed by atoms with Crippen molar-refractivity contribution in [2.75, 3.05) is 5.32 Å². The van der Waals surface area contributed by atoms with E-state index in [2.05, 4.69) is 47.8 Å². The number of nitrogens with one attached hydrogen (secondary N) is 3. The summed E-state index contributed by atoms with van der Waals surface area (Å²) >= 11 is 36.1. The van der Waals surface area contributed by atoms with Gasteiger partial charge in [0, 0.05) is 19.5 Å². The van der Waals surface area contributed by atoms with E-state index in [1.807, 2.05) is 19.1 Å². The number of alkyl halides is 3. The van der Waals surface area contributed by atoms with Crippen LogP contribution in [0.5, 0.6) is 0 Å². The Morgan fingerprint density at radius 1 is 1.11 bits per heavy atom. The minimum Gasteiger partial charge on any atom is -0.339 e. The Balaban J connectivity index is 2.13. The van der Waals surface area contributed by atoms with Gasteiger partial charge in [-0.3, -0.25) is 4.79 Å². The molecule has 28 heavy (non-hydrogen) atoms. The molecule has 3 N–H and O–H groups in total. The van der Waals surface area contributed by atoms with E-state index in [1.165, 1.54) is 0 Å². The van der Waals surface area contributed by atoms with Crippen LogP contribution in [0.3, 0.4) is 0 Å². The van der Waals surface area contributed by atoms with E-state index in [-0.39, 0.29) is 5.11 Å². The number of aryl methyl sites for hydroxylation is 1. The highest BCUT2D eigenvalue weighted by atomic mass is 79.9. The van der Waals surface area contributed by atoms with E-state index in [0.717, 1.165) is 20.2 Å². The summed E-state index contributed by atoms with van der Waals surface area (Å²) in [5, 5.41) is 9.14. The van der Waals surface area contributed by atoms with Crippen LogP contribution in [-0.4, -0.2) is 21.0 Å². The van der Waals surface area contributed by atoms with Gasteiger partial charge in [-0.15, -0.1) is 0 Å². The predicted octanol–water partition coefficient (Wildman–Crippen LogP) is 6.59. The second-order valence-electron chi connectivity index (χ2n) is 5.63. The monoisotopic (exact) mass is 605 g/mol. The van der Waals surface area contributed by atoms with Gasteiger partial charge in [0.2, 0.25) is 3.79 Å². The fraction of sp³-hybridized carbons (Fsp3) is 0.176. The van der Waals surface area contributed by atoms with E-state index in [4.69, 9.17) is 58.6 Å². The molecule has 0 bridgehead atoms.